The third-order valence-corrected chi connectivity index (χ3v) is 5.01. The molecule has 3 rings (SSSR count). The molecule has 10 heteroatoms. The maximum Gasteiger partial charge on any atom is 0.329 e. The number of hydrogen-bond acceptors (Lipinski definition) is 6. The zero-order chi connectivity index (χ0) is 26.6. The first kappa shape index (κ1) is 27.0. The van der Waals surface area contributed by atoms with Gasteiger partial charge < -0.3 is 20.1 Å². The summed E-state index contributed by atoms with van der Waals surface area (Å²) in [5.41, 5.74) is 4.86. The van der Waals surface area contributed by atoms with Gasteiger partial charge in [-0.3, -0.25) is 14.4 Å². The van der Waals surface area contributed by atoms with Crippen molar-refractivity contribution < 1.29 is 23.9 Å². The molecule has 0 atom stereocenters. The lowest BCUT2D eigenvalue weighted by Crippen LogP contribution is -2.32. The number of hydrogen-bond donors (Lipinski definition) is 3. The quantitative estimate of drug-likeness (QED) is 0.159. The number of carbonyl (C=O) groups excluding carboxylic acids is 3. The molecule has 0 radical (unpaired) electrons. The maximum absolute atomic E-state index is 12.1. The van der Waals surface area contributed by atoms with Crippen LogP contribution in [0.1, 0.15) is 11.1 Å². The van der Waals surface area contributed by atoms with Crippen LogP contribution in [-0.2, 0) is 14.4 Å². The van der Waals surface area contributed by atoms with Crippen molar-refractivity contribution in [2.45, 2.75) is 6.92 Å². The van der Waals surface area contributed by atoms with Crippen LogP contribution in [0.2, 0.25) is 5.02 Å². The van der Waals surface area contributed by atoms with Crippen molar-refractivity contribution >= 4 is 46.9 Å². The van der Waals surface area contributed by atoms with Gasteiger partial charge in [0.2, 0.25) is 0 Å². The van der Waals surface area contributed by atoms with Gasteiger partial charge in [0.15, 0.2) is 6.61 Å². The molecule has 0 aliphatic carbocycles. The zero-order valence-corrected chi connectivity index (χ0v) is 20.7. The van der Waals surface area contributed by atoms with Crippen molar-refractivity contribution in [1.82, 2.24) is 5.43 Å². The van der Waals surface area contributed by atoms with E-state index in [1.165, 1.54) is 6.21 Å². The molecule has 0 aliphatic heterocycles. The molecule has 9 nitrogen and oxygen atoms in total. The summed E-state index contributed by atoms with van der Waals surface area (Å²) in [4.78, 5) is 36.2. The fourth-order valence-electron chi connectivity index (χ4n) is 2.89. The van der Waals surface area contributed by atoms with E-state index in [2.05, 4.69) is 27.7 Å². The molecule has 0 aliphatic rings. The second-order valence-corrected chi connectivity index (χ2v) is 8.08. The SMILES string of the molecule is C=CCOc1ccc(NC(=O)C(=O)N/N=C\c2ccc(OCC(=O)Nc3ccc(C)cc3)c(Cl)c2)cc1. The normalized spacial score (nSPS) is 10.4. The summed E-state index contributed by atoms with van der Waals surface area (Å²) in [6, 6.07) is 18.6. The van der Waals surface area contributed by atoms with Gasteiger partial charge in [-0.2, -0.15) is 5.10 Å². The predicted octanol–water partition coefficient (Wildman–Crippen LogP) is 4.32. The number of carbonyl (C=O) groups is 3. The van der Waals surface area contributed by atoms with Gasteiger partial charge in [-0.15, -0.1) is 0 Å². The fourth-order valence-corrected chi connectivity index (χ4v) is 3.13. The lowest BCUT2D eigenvalue weighted by molar-refractivity contribution is -0.136. The van der Waals surface area contributed by atoms with Crippen LogP contribution >= 0.6 is 11.6 Å². The van der Waals surface area contributed by atoms with Gasteiger partial charge in [-0.1, -0.05) is 42.0 Å². The van der Waals surface area contributed by atoms with Crippen molar-refractivity contribution in [2.24, 2.45) is 5.10 Å². The smallest absolute Gasteiger partial charge is 0.329 e. The van der Waals surface area contributed by atoms with Crippen LogP contribution in [0.25, 0.3) is 0 Å². The number of hydrazone groups is 1. The van der Waals surface area contributed by atoms with Crippen LogP contribution in [-0.4, -0.2) is 37.1 Å². The minimum Gasteiger partial charge on any atom is -0.490 e. The van der Waals surface area contributed by atoms with E-state index < -0.39 is 11.8 Å². The monoisotopic (exact) mass is 520 g/mol. The third-order valence-electron chi connectivity index (χ3n) is 4.72. The van der Waals surface area contributed by atoms with Crippen molar-refractivity contribution in [2.75, 3.05) is 23.8 Å². The van der Waals surface area contributed by atoms with Crippen molar-refractivity contribution in [3.8, 4) is 11.5 Å². The summed E-state index contributed by atoms with van der Waals surface area (Å²) in [5, 5.41) is 9.21. The van der Waals surface area contributed by atoms with E-state index in [0.717, 1.165) is 5.56 Å². The van der Waals surface area contributed by atoms with Crippen molar-refractivity contribution in [3.05, 3.63) is 95.5 Å². The molecule has 0 unspecified atom stereocenters. The molecule has 0 saturated heterocycles. The van der Waals surface area contributed by atoms with Crippen LogP contribution in [0.3, 0.4) is 0 Å². The first-order valence-electron chi connectivity index (χ1n) is 11.1. The Morgan fingerprint density at radius 2 is 1.59 bits per heavy atom. The molecule has 3 N–H and O–H groups in total. The Kier molecular flexibility index (Phi) is 9.81. The number of nitrogens with zero attached hydrogens (tertiary/aromatic N) is 1. The van der Waals surface area contributed by atoms with Gasteiger partial charge in [0.25, 0.3) is 5.91 Å². The van der Waals surface area contributed by atoms with Gasteiger partial charge in [-0.25, -0.2) is 5.43 Å². The lowest BCUT2D eigenvalue weighted by Gasteiger charge is -2.09. The zero-order valence-electron chi connectivity index (χ0n) is 20.0. The van der Waals surface area contributed by atoms with Crippen molar-refractivity contribution in [1.29, 1.82) is 0 Å². The summed E-state index contributed by atoms with van der Waals surface area (Å²) in [6.07, 6.45) is 2.93. The summed E-state index contributed by atoms with van der Waals surface area (Å²) >= 11 is 6.23. The maximum atomic E-state index is 12.1. The number of amides is 3. The van der Waals surface area contributed by atoms with Gasteiger partial charge in [0, 0.05) is 11.4 Å². The van der Waals surface area contributed by atoms with E-state index in [-0.39, 0.29) is 17.5 Å². The molecule has 3 aromatic rings. The molecule has 0 heterocycles. The second-order valence-electron chi connectivity index (χ2n) is 7.67. The van der Waals surface area contributed by atoms with Crippen LogP contribution in [0.4, 0.5) is 11.4 Å². The summed E-state index contributed by atoms with van der Waals surface area (Å²) in [6.45, 7) is 5.66. The van der Waals surface area contributed by atoms with Crippen LogP contribution in [0, 0.1) is 6.92 Å². The molecule has 0 fully saturated rings. The average Bonchev–Trinajstić information content (AvgIpc) is 2.89. The topological polar surface area (TPSA) is 118 Å². The number of aryl methyl sites for hydroxylation is 1. The molecular formula is C27H25ClN4O5. The third kappa shape index (κ3) is 8.83. The van der Waals surface area contributed by atoms with Gasteiger partial charge >= 0.3 is 11.8 Å². The number of rotatable bonds is 10. The first-order valence-corrected chi connectivity index (χ1v) is 11.5. The Morgan fingerprint density at radius 1 is 0.919 bits per heavy atom. The Hall–Kier alpha value is -4.63. The Bertz CT molecular complexity index is 1290. The highest BCUT2D eigenvalue weighted by molar-refractivity contribution is 6.39. The Labute approximate surface area is 219 Å². The first-order chi connectivity index (χ1) is 17.8. The molecule has 0 saturated carbocycles. The highest BCUT2D eigenvalue weighted by Gasteiger charge is 2.13. The number of nitrogens with one attached hydrogen (secondary N) is 3. The molecule has 37 heavy (non-hydrogen) atoms. The van der Waals surface area contributed by atoms with E-state index >= 15 is 0 Å². The van der Waals surface area contributed by atoms with Crippen molar-refractivity contribution in [3.63, 3.8) is 0 Å². The Morgan fingerprint density at radius 3 is 2.27 bits per heavy atom. The number of anilines is 2. The molecular weight excluding hydrogens is 496 g/mol. The minimum absolute atomic E-state index is 0.225. The van der Waals surface area contributed by atoms with Crippen LogP contribution in [0.15, 0.2) is 84.5 Å². The van der Waals surface area contributed by atoms with E-state index in [1.54, 1.807) is 60.7 Å². The Balaban J connectivity index is 1.45. The molecule has 0 aromatic heterocycles. The van der Waals surface area contributed by atoms with E-state index in [4.69, 9.17) is 21.1 Å². The van der Waals surface area contributed by atoms with Gasteiger partial charge in [-0.05, 0) is 67.1 Å². The van der Waals surface area contributed by atoms with E-state index in [9.17, 15) is 14.4 Å². The standard InChI is InChI=1S/C27H25ClN4O5/c1-3-14-36-22-11-9-21(10-12-22)31-26(34)27(35)32-29-16-19-6-13-24(23(28)15-19)37-17-25(33)30-20-7-4-18(2)5-8-20/h3-13,15-16H,1,14,17H2,2H3,(H,30,33)(H,31,34)(H,32,35)/b29-16-. The van der Waals surface area contributed by atoms with E-state index in [0.29, 0.717) is 35.0 Å². The molecule has 190 valence electrons. The second kappa shape index (κ2) is 13.5. The molecule has 0 spiro atoms. The molecule has 3 amide bonds. The number of benzene rings is 3. The number of ether oxygens (including phenoxy) is 2. The van der Waals surface area contributed by atoms with Crippen LogP contribution < -0.4 is 25.5 Å². The molecule has 3 aromatic carbocycles. The largest absolute Gasteiger partial charge is 0.490 e. The summed E-state index contributed by atoms with van der Waals surface area (Å²) in [5.74, 6) is -1.25. The van der Waals surface area contributed by atoms with E-state index in [1.807, 2.05) is 19.1 Å². The number of halogens is 1. The highest BCUT2D eigenvalue weighted by Crippen LogP contribution is 2.25. The molecule has 0 bridgehead atoms. The lowest BCUT2D eigenvalue weighted by atomic mass is 10.2. The fraction of sp³-hybridized carbons (Fsp3) is 0.111. The summed E-state index contributed by atoms with van der Waals surface area (Å²) < 4.78 is 10.8. The predicted molar refractivity (Wildman–Crippen MR) is 143 cm³/mol. The van der Waals surface area contributed by atoms with Gasteiger partial charge in [0.1, 0.15) is 18.1 Å². The van der Waals surface area contributed by atoms with Crippen LogP contribution in [0.5, 0.6) is 11.5 Å². The average molecular weight is 521 g/mol. The highest BCUT2D eigenvalue weighted by atomic mass is 35.5. The van der Waals surface area contributed by atoms with Gasteiger partial charge in [0.05, 0.1) is 11.2 Å². The summed E-state index contributed by atoms with van der Waals surface area (Å²) in [7, 11) is 0. The minimum atomic E-state index is -0.950.